The Hall–Kier alpha value is -3.24. The molecule has 0 amide bonds. The molecule has 2 aromatic carbocycles. The van der Waals surface area contributed by atoms with Crippen molar-refractivity contribution in [3.8, 4) is 28.6 Å². The Kier molecular flexibility index (Phi) is 7.75. The quantitative estimate of drug-likeness (QED) is 0.458. The van der Waals surface area contributed by atoms with E-state index in [9.17, 15) is 13.2 Å². The van der Waals surface area contributed by atoms with Crippen molar-refractivity contribution < 1.29 is 27.4 Å². The lowest BCUT2D eigenvalue weighted by molar-refractivity contribution is 0.120. The van der Waals surface area contributed by atoms with Gasteiger partial charge in [-0.05, 0) is 26.0 Å². The van der Waals surface area contributed by atoms with E-state index in [1.165, 1.54) is 6.92 Å². The van der Waals surface area contributed by atoms with Crippen molar-refractivity contribution in [2.24, 2.45) is 0 Å². The highest BCUT2D eigenvalue weighted by Gasteiger charge is 2.24. The lowest BCUT2D eigenvalue weighted by Gasteiger charge is -2.34. The van der Waals surface area contributed by atoms with Gasteiger partial charge in [-0.15, -0.1) is 0 Å². The van der Waals surface area contributed by atoms with Crippen molar-refractivity contribution in [2.75, 3.05) is 47.5 Å². The maximum atomic E-state index is 14.5. The summed E-state index contributed by atoms with van der Waals surface area (Å²) in [4.78, 5) is 12.0. The number of aromatic nitrogens is 2. The number of hydrogen-bond acceptors (Lipinski definition) is 6. The minimum Gasteiger partial charge on any atom is -0.493 e. The first kappa shape index (κ1) is 25.8. The van der Waals surface area contributed by atoms with Crippen LogP contribution in [0.3, 0.4) is 0 Å². The van der Waals surface area contributed by atoms with Gasteiger partial charge in [0.15, 0.2) is 23.1 Å². The van der Waals surface area contributed by atoms with Crippen molar-refractivity contribution in [3.63, 3.8) is 0 Å². The van der Waals surface area contributed by atoms with Gasteiger partial charge in [0.25, 0.3) is 0 Å². The molecule has 10 heteroatoms. The van der Waals surface area contributed by atoms with Crippen molar-refractivity contribution in [1.82, 2.24) is 19.8 Å². The molecular weight excluding hydrogens is 473 g/mol. The molecule has 0 spiro atoms. The monoisotopic (exact) mass is 504 g/mol. The van der Waals surface area contributed by atoms with E-state index in [2.05, 4.69) is 19.8 Å². The van der Waals surface area contributed by atoms with E-state index in [4.69, 9.17) is 14.2 Å². The van der Waals surface area contributed by atoms with Crippen molar-refractivity contribution in [2.45, 2.75) is 26.9 Å². The van der Waals surface area contributed by atoms with Gasteiger partial charge in [0.1, 0.15) is 11.6 Å². The molecule has 1 aliphatic heterocycles. The summed E-state index contributed by atoms with van der Waals surface area (Å²) in [6.45, 7) is 7.55. The molecular formula is C26H31F3N4O3. The van der Waals surface area contributed by atoms with Gasteiger partial charge < -0.3 is 19.2 Å². The molecule has 2 heterocycles. The molecule has 1 saturated heterocycles. The predicted octanol–water partition coefficient (Wildman–Crippen LogP) is 4.45. The van der Waals surface area contributed by atoms with Gasteiger partial charge in [-0.2, -0.15) is 0 Å². The van der Waals surface area contributed by atoms with Gasteiger partial charge in [-0.1, -0.05) is 6.07 Å². The first-order valence-electron chi connectivity index (χ1n) is 11.7. The smallest absolute Gasteiger partial charge is 0.203 e. The molecule has 7 nitrogen and oxygen atoms in total. The molecule has 0 aliphatic carbocycles. The highest BCUT2D eigenvalue weighted by atomic mass is 19.2. The second kappa shape index (κ2) is 10.8. The van der Waals surface area contributed by atoms with Gasteiger partial charge in [0.05, 0.1) is 32.6 Å². The Morgan fingerprint density at radius 2 is 1.50 bits per heavy atom. The molecule has 0 radical (unpaired) electrons. The van der Waals surface area contributed by atoms with E-state index in [1.807, 2.05) is 19.1 Å². The second-order valence-electron chi connectivity index (χ2n) is 8.86. The fourth-order valence-corrected chi connectivity index (χ4v) is 4.48. The first-order valence-corrected chi connectivity index (χ1v) is 11.7. The van der Waals surface area contributed by atoms with E-state index in [0.717, 1.165) is 49.2 Å². The zero-order valence-corrected chi connectivity index (χ0v) is 21.2. The van der Waals surface area contributed by atoms with Gasteiger partial charge in [0, 0.05) is 56.1 Å². The van der Waals surface area contributed by atoms with Crippen molar-refractivity contribution in [3.05, 3.63) is 58.2 Å². The van der Waals surface area contributed by atoms with Crippen LogP contribution in [-0.4, -0.2) is 67.3 Å². The zero-order chi connectivity index (χ0) is 26.0. The van der Waals surface area contributed by atoms with Crippen LogP contribution in [0.4, 0.5) is 13.2 Å². The lowest BCUT2D eigenvalue weighted by Crippen LogP contribution is -2.45. The third-order valence-electron chi connectivity index (χ3n) is 6.65. The van der Waals surface area contributed by atoms with E-state index < -0.39 is 17.5 Å². The molecule has 0 saturated carbocycles. The van der Waals surface area contributed by atoms with Crippen LogP contribution in [0.5, 0.6) is 17.2 Å². The van der Waals surface area contributed by atoms with Crippen LogP contribution in [0.15, 0.2) is 18.2 Å². The molecule has 3 aromatic rings. The number of methoxy groups -OCH3 is 3. The maximum absolute atomic E-state index is 14.5. The predicted molar refractivity (Wildman–Crippen MR) is 130 cm³/mol. The molecule has 36 heavy (non-hydrogen) atoms. The first-order chi connectivity index (χ1) is 17.3. The van der Waals surface area contributed by atoms with Crippen LogP contribution >= 0.6 is 0 Å². The molecule has 194 valence electrons. The second-order valence-corrected chi connectivity index (χ2v) is 8.86. The topological polar surface area (TPSA) is 62.9 Å². The van der Waals surface area contributed by atoms with Crippen molar-refractivity contribution >= 4 is 0 Å². The molecule has 0 atom stereocenters. The Bertz CT molecular complexity index is 1240. The molecule has 4 rings (SSSR count). The summed E-state index contributed by atoms with van der Waals surface area (Å²) in [5, 5.41) is 0. The summed E-state index contributed by atoms with van der Waals surface area (Å²) >= 11 is 0. The SMILES string of the molecule is COc1ccc(CN2CCN(Cc3nc(-c4cc(F)c(C)c(F)c4F)[nH]c3C)CC2)c(OC)c1OC. The van der Waals surface area contributed by atoms with Crippen LogP contribution in [0.25, 0.3) is 11.4 Å². The summed E-state index contributed by atoms with van der Waals surface area (Å²) in [6.07, 6.45) is 0. The van der Waals surface area contributed by atoms with Gasteiger partial charge in [-0.25, -0.2) is 18.2 Å². The Morgan fingerprint density at radius 3 is 2.11 bits per heavy atom. The molecule has 1 aromatic heterocycles. The van der Waals surface area contributed by atoms with Crippen LogP contribution in [0, 0.1) is 31.3 Å². The zero-order valence-electron chi connectivity index (χ0n) is 21.2. The van der Waals surface area contributed by atoms with Crippen LogP contribution < -0.4 is 14.2 Å². The number of aryl methyl sites for hydroxylation is 1. The standard InChI is InChI=1S/C26H31F3N4O3/c1-15-19(27)12-18(23(29)22(15)28)26-30-16(2)20(31-26)14-33-10-8-32(9-11-33)13-17-6-7-21(34-3)25(36-5)24(17)35-4/h6-7,12H,8-11,13-14H2,1-5H3,(H,30,31). The van der Waals surface area contributed by atoms with Crippen molar-refractivity contribution in [1.29, 1.82) is 0 Å². The number of nitrogens with one attached hydrogen (secondary N) is 1. The summed E-state index contributed by atoms with van der Waals surface area (Å²) < 4.78 is 59.0. The largest absolute Gasteiger partial charge is 0.493 e. The summed E-state index contributed by atoms with van der Waals surface area (Å²) in [6, 6.07) is 4.84. The molecule has 0 unspecified atom stereocenters. The number of ether oxygens (including phenoxy) is 3. The normalized spacial score (nSPS) is 14.8. The van der Waals surface area contributed by atoms with Gasteiger partial charge in [-0.3, -0.25) is 9.80 Å². The van der Waals surface area contributed by atoms with Crippen LogP contribution in [0.1, 0.15) is 22.5 Å². The Morgan fingerprint density at radius 1 is 0.861 bits per heavy atom. The number of H-pyrrole nitrogens is 1. The number of halogens is 3. The lowest BCUT2D eigenvalue weighted by atomic mass is 10.1. The third-order valence-corrected chi connectivity index (χ3v) is 6.65. The number of imidazole rings is 1. The third kappa shape index (κ3) is 5.01. The van der Waals surface area contributed by atoms with E-state index in [-0.39, 0.29) is 17.0 Å². The molecule has 1 fully saturated rings. The highest BCUT2D eigenvalue weighted by Crippen LogP contribution is 2.40. The number of benzene rings is 2. The Labute approximate surface area is 208 Å². The minimum absolute atomic E-state index is 0.122. The highest BCUT2D eigenvalue weighted by molar-refractivity contribution is 5.58. The molecule has 1 aliphatic rings. The summed E-state index contributed by atoms with van der Waals surface area (Å²) in [5.41, 5.74) is 1.92. The van der Waals surface area contributed by atoms with Crippen LogP contribution in [-0.2, 0) is 13.1 Å². The maximum Gasteiger partial charge on any atom is 0.203 e. The molecule has 1 N–H and O–H groups in total. The average molecular weight is 505 g/mol. The van der Waals surface area contributed by atoms with E-state index in [0.29, 0.717) is 30.3 Å². The fraction of sp³-hybridized carbons (Fsp3) is 0.423. The van der Waals surface area contributed by atoms with Gasteiger partial charge >= 0.3 is 0 Å². The summed E-state index contributed by atoms with van der Waals surface area (Å²) in [7, 11) is 4.80. The molecule has 0 bridgehead atoms. The average Bonchev–Trinajstić information content (AvgIpc) is 3.25. The number of piperazine rings is 1. The van der Waals surface area contributed by atoms with E-state index >= 15 is 0 Å². The number of aromatic amines is 1. The van der Waals surface area contributed by atoms with Crippen LogP contribution in [0.2, 0.25) is 0 Å². The van der Waals surface area contributed by atoms with Gasteiger partial charge in [0.2, 0.25) is 5.75 Å². The minimum atomic E-state index is -1.19. The summed E-state index contributed by atoms with van der Waals surface area (Å²) in [5.74, 6) is -1.12. The Balaban J connectivity index is 1.41. The fourth-order valence-electron chi connectivity index (χ4n) is 4.48. The van der Waals surface area contributed by atoms with E-state index in [1.54, 1.807) is 21.3 Å². The number of rotatable bonds is 8. The number of hydrogen-bond donors (Lipinski definition) is 1. The number of nitrogens with zero attached hydrogens (tertiary/aromatic N) is 3.